The van der Waals surface area contributed by atoms with E-state index >= 15 is 0 Å². The Balaban J connectivity index is 2.58. The molecule has 5 nitrogen and oxygen atoms in total. The van der Waals surface area contributed by atoms with Crippen LogP contribution in [0.1, 0.15) is 40.5 Å². The highest BCUT2D eigenvalue weighted by Crippen LogP contribution is 2.21. The topological polar surface area (TPSA) is 72.5 Å². The van der Waals surface area contributed by atoms with Crippen molar-refractivity contribution in [2.75, 3.05) is 13.1 Å². The molecule has 0 aliphatic carbocycles. The Morgan fingerprint density at radius 3 is 2.21 bits per heavy atom. The first-order valence-corrected chi connectivity index (χ1v) is 7.05. The fraction of sp³-hybridized carbons (Fsp3) is 0.857. The second-order valence-corrected chi connectivity index (χ2v) is 6.30. The molecule has 0 aromatic carbocycles. The lowest BCUT2D eigenvalue weighted by atomic mass is 9.92. The van der Waals surface area contributed by atoms with Gasteiger partial charge < -0.3 is 20.1 Å². The van der Waals surface area contributed by atoms with Gasteiger partial charge in [0.2, 0.25) is 0 Å². The van der Waals surface area contributed by atoms with Crippen molar-refractivity contribution in [3.63, 3.8) is 0 Å². The third kappa shape index (κ3) is 5.09. The Morgan fingerprint density at radius 1 is 1.26 bits per heavy atom. The number of piperidine rings is 1. The zero-order valence-electron chi connectivity index (χ0n) is 12.3. The summed E-state index contributed by atoms with van der Waals surface area (Å²) < 4.78 is 0. The molecule has 0 unspecified atom stereocenters. The first kappa shape index (κ1) is 15.8. The van der Waals surface area contributed by atoms with E-state index in [1.54, 1.807) is 4.90 Å². The van der Waals surface area contributed by atoms with Crippen molar-refractivity contribution in [2.45, 2.75) is 46.6 Å². The van der Waals surface area contributed by atoms with Gasteiger partial charge in [0.15, 0.2) is 0 Å². The summed E-state index contributed by atoms with van der Waals surface area (Å²) in [6, 6.07) is -1.19. The summed E-state index contributed by atoms with van der Waals surface area (Å²) in [5, 5.41) is 13.6. The summed E-state index contributed by atoms with van der Waals surface area (Å²) >= 11 is 0. The number of likely N-dealkylation sites (tertiary alicyclic amines) is 1. The van der Waals surface area contributed by atoms with E-state index < -0.39 is 12.0 Å². The molecular formula is C14H25N2O3-. The van der Waals surface area contributed by atoms with Crippen molar-refractivity contribution in [1.82, 2.24) is 10.2 Å². The highest BCUT2D eigenvalue weighted by atomic mass is 16.4. The Bertz CT molecular complexity index is 321. The number of carboxylic acid groups (broad SMARTS) is 1. The van der Waals surface area contributed by atoms with Crippen LogP contribution in [-0.4, -0.2) is 36.0 Å². The maximum absolute atomic E-state index is 12.1. The molecule has 1 saturated heterocycles. The van der Waals surface area contributed by atoms with Crippen LogP contribution in [0.4, 0.5) is 4.79 Å². The highest BCUT2D eigenvalue weighted by Gasteiger charge is 2.27. The van der Waals surface area contributed by atoms with Crippen molar-refractivity contribution in [3.8, 4) is 0 Å². The molecule has 3 atom stereocenters. The lowest BCUT2D eigenvalue weighted by Crippen LogP contribution is -2.54. The molecule has 110 valence electrons. The Morgan fingerprint density at radius 2 is 1.79 bits per heavy atom. The van der Waals surface area contributed by atoms with Gasteiger partial charge in [-0.25, -0.2) is 4.79 Å². The van der Waals surface area contributed by atoms with E-state index in [1.807, 2.05) is 13.8 Å². The Hall–Kier alpha value is -1.26. The van der Waals surface area contributed by atoms with Gasteiger partial charge in [0.05, 0.1) is 12.0 Å². The van der Waals surface area contributed by atoms with Crippen molar-refractivity contribution < 1.29 is 14.7 Å². The van der Waals surface area contributed by atoms with Gasteiger partial charge in [0.25, 0.3) is 0 Å². The predicted molar refractivity (Wildman–Crippen MR) is 71.3 cm³/mol. The van der Waals surface area contributed by atoms with E-state index in [9.17, 15) is 14.7 Å². The second kappa shape index (κ2) is 6.78. The minimum Gasteiger partial charge on any atom is -0.548 e. The summed E-state index contributed by atoms with van der Waals surface area (Å²) in [5.41, 5.74) is 0. The zero-order valence-corrected chi connectivity index (χ0v) is 12.3. The van der Waals surface area contributed by atoms with Crippen molar-refractivity contribution >= 4 is 12.0 Å². The molecular weight excluding hydrogens is 244 g/mol. The molecule has 0 radical (unpaired) electrons. The number of carbonyl (C=O) groups excluding carboxylic acids is 2. The van der Waals surface area contributed by atoms with Crippen LogP contribution < -0.4 is 10.4 Å². The van der Waals surface area contributed by atoms with Crippen LogP contribution in [0.2, 0.25) is 0 Å². The summed E-state index contributed by atoms with van der Waals surface area (Å²) in [5.74, 6) is -0.0930. The van der Waals surface area contributed by atoms with Gasteiger partial charge in [0, 0.05) is 13.1 Å². The molecule has 0 spiro atoms. The Labute approximate surface area is 115 Å². The number of amides is 2. The minimum atomic E-state index is -1.21. The molecule has 5 heteroatoms. The average molecular weight is 269 g/mol. The molecule has 1 rings (SSSR count). The minimum absolute atomic E-state index is 0.197. The maximum Gasteiger partial charge on any atom is 0.317 e. The first-order valence-electron chi connectivity index (χ1n) is 7.05. The van der Waals surface area contributed by atoms with E-state index in [0.29, 0.717) is 31.3 Å². The number of nitrogens with zero attached hydrogens (tertiary/aromatic N) is 1. The lowest BCUT2D eigenvalue weighted by molar-refractivity contribution is -0.308. The Kier molecular flexibility index (Phi) is 5.63. The van der Waals surface area contributed by atoms with Gasteiger partial charge in [-0.3, -0.25) is 0 Å². The molecule has 1 aliphatic heterocycles. The smallest absolute Gasteiger partial charge is 0.317 e. The number of rotatable bonds is 4. The normalized spacial score (nSPS) is 25.2. The second-order valence-electron chi connectivity index (χ2n) is 6.30. The van der Waals surface area contributed by atoms with Crippen LogP contribution in [0, 0.1) is 17.8 Å². The number of aliphatic carboxylic acids is 1. The van der Waals surface area contributed by atoms with Crippen LogP contribution in [0.5, 0.6) is 0 Å². The van der Waals surface area contributed by atoms with Gasteiger partial charge in [-0.05, 0) is 30.6 Å². The van der Waals surface area contributed by atoms with Crippen LogP contribution in [0.3, 0.4) is 0 Å². The van der Waals surface area contributed by atoms with Gasteiger partial charge in [-0.15, -0.1) is 0 Å². The van der Waals surface area contributed by atoms with E-state index in [1.165, 1.54) is 0 Å². The van der Waals surface area contributed by atoms with E-state index in [0.717, 1.165) is 6.42 Å². The molecule has 0 bridgehead atoms. The number of hydrogen-bond donors (Lipinski definition) is 1. The summed E-state index contributed by atoms with van der Waals surface area (Å²) in [6.45, 7) is 9.45. The standard InChI is InChI=1S/C14H26N2O3/c1-9(2)5-12(13(17)18)15-14(19)16-7-10(3)6-11(4)8-16/h9-12H,5-8H2,1-4H3,(H,15,19)(H,17,18)/p-1/t10-,11-,12-/m0/s1. The SMILES string of the molecule is CC(C)C[C@H](NC(=O)N1C[C@@H](C)C[C@H](C)C1)C(=O)[O-]. The van der Waals surface area contributed by atoms with E-state index in [4.69, 9.17) is 0 Å². The van der Waals surface area contributed by atoms with Crippen molar-refractivity contribution in [1.29, 1.82) is 0 Å². The number of carboxylic acids is 1. The predicted octanol–water partition coefficient (Wildman–Crippen LogP) is 0.839. The lowest BCUT2D eigenvalue weighted by Gasteiger charge is -2.36. The van der Waals surface area contributed by atoms with E-state index in [-0.39, 0.29) is 11.9 Å². The number of nitrogens with one attached hydrogen (secondary N) is 1. The summed E-state index contributed by atoms with van der Waals surface area (Å²) in [4.78, 5) is 24.9. The highest BCUT2D eigenvalue weighted by molar-refractivity contribution is 5.81. The number of urea groups is 1. The summed E-state index contributed by atoms with van der Waals surface area (Å²) in [6.07, 6.45) is 1.51. The van der Waals surface area contributed by atoms with Gasteiger partial charge >= 0.3 is 6.03 Å². The molecule has 0 aromatic heterocycles. The molecule has 0 aromatic rings. The average Bonchev–Trinajstić information content (AvgIpc) is 2.25. The van der Waals surface area contributed by atoms with Crippen LogP contribution in [0.15, 0.2) is 0 Å². The first-order chi connectivity index (χ1) is 8.79. The monoisotopic (exact) mass is 269 g/mol. The number of carbonyl (C=O) groups is 2. The molecule has 0 saturated carbocycles. The van der Waals surface area contributed by atoms with E-state index in [2.05, 4.69) is 19.2 Å². The fourth-order valence-corrected chi connectivity index (χ4v) is 2.75. The maximum atomic E-state index is 12.1. The molecule has 1 N–H and O–H groups in total. The van der Waals surface area contributed by atoms with Crippen LogP contribution in [-0.2, 0) is 4.79 Å². The largest absolute Gasteiger partial charge is 0.548 e. The molecule has 19 heavy (non-hydrogen) atoms. The van der Waals surface area contributed by atoms with Crippen LogP contribution in [0.25, 0.3) is 0 Å². The molecule has 1 aliphatic rings. The molecule has 1 fully saturated rings. The fourth-order valence-electron chi connectivity index (χ4n) is 2.75. The third-order valence-electron chi connectivity index (χ3n) is 3.45. The molecule has 2 amide bonds. The van der Waals surface area contributed by atoms with Gasteiger partial charge in [0.1, 0.15) is 0 Å². The zero-order chi connectivity index (χ0) is 14.6. The third-order valence-corrected chi connectivity index (χ3v) is 3.45. The summed E-state index contributed by atoms with van der Waals surface area (Å²) in [7, 11) is 0. The van der Waals surface area contributed by atoms with Gasteiger partial charge in [-0.2, -0.15) is 0 Å². The molecule has 1 heterocycles. The van der Waals surface area contributed by atoms with Crippen LogP contribution >= 0.6 is 0 Å². The van der Waals surface area contributed by atoms with Crippen molar-refractivity contribution in [2.24, 2.45) is 17.8 Å². The number of hydrogen-bond acceptors (Lipinski definition) is 3. The van der Waals surface area contributed by atoms with Crippen molar-refractivity contribution in [3.05, 3.63) is 0 Å². The quantitative estimate of drug-likeness (QED) is 0.822. The van der Waals surface area contributed by atoms with Gasteiger partial charge in [-0.1, -0.05) is 27.7 Å².